The van der Waals surface area contributed by atoms with Crippen molar-refractivity contribution in [2.45, 2.75) is 50.6 Å². The number of imide groups is 1. The summed E-state index contributed by atoms with van der Waals surface area (Å²) in [5, 5.41) is 8.22. The van der Waals surface area contributed by atoms with Crippen molar-refractivity contribution in [1.82, 2.24) is 25.5 Å². The van der Waals surface area contributed by atoms with E-state index in [-0.39, 0.29) is 36.7 Å². The number of aromatic nitrogens is 2. The second-order valence-electron chi connectivity index (χ2n) is 9.72. The van der Waals surface area contributed by atoms with Crippen LogP contribution in [0.3, 0.4) is 0 Å². The molecule has 1 fully saturated rings. The molecule has 2 aromatic heterocycles. The molecule has 8 heteroatoms. The van der Waals surface area contributed by atoms with Crippen LogP contribution in [0.2, 0.25) is 0 Å². The van der Waals surface area contributed by atoms with Gasteiger partial charge in [0.25, 0.3) is 5.91 Å². The van der Waals surface area contributed by atoms with E-state index in [9.17, 15) is 14.4 Å². The van der Waals surface area contributed by atoms with Crippen LogP contribution in [0, 0.1) is 0 Å². The number of fused-ring (bicyclic) bond motifs is 4. The van der Waals surface area contributed by atoms with E-state index in [1.165, 1.54) is 15.8 Å². The van der Waals surface area contributed by atoms with Crippen molar-refractivity contribution in [3.63, 3.8) is 0 Å². The molecule has 0 radical (unpaired) electrons. The number of hydrogen-bond acceptors (Lipinski definition) is 3. The highest BCUT2D eigenvalue weighted by atomic mass is 16.2. The van der Waals surface area contributed by atoms with E-state index >= 15 is 0 Å². The summed E-state index contributed by atoms with van der Waals surface area (Å²) >= 11 is 0. The number of aryl methyl sites for hydroxylation is 1. The Balaban J connectivity index is 1.05. The number of H-pyrrole nitrogens is 2. The summed E-state index contributed by atoms with van der Waals surface area (Å²) in [5.41, 5.74) is 5.57. The molecule has 2 unspecified atom stereocenters. The molecule has 2 atom stereocenters. The Morgan fingerprint density at radius 1 is 1.03 bits per heavy atom. The summed E-state index contributed by atoms with van der Waals surface area (Å²) in [5.74, 6) is -0.367. The number of rotatable bonds is 7. The van der Waals surface area contributed by atoms with Crippen LogP contribution < -0.4 is 10.6 Å². The number of benzene rings is 2. The highest BCUT2D eigenvalue weighted by Gasteiger charge is 2.37. The van der Waals surface area contributed by atoms with Crippen molar-refractivity contribution < 1.29 is 14.4 Å². The summed E-state index contributed by atoms with van der Waals surface area (Å²) < 4.78 is 0. The standard InChI is InChI=1S/C28H29N5O3/c34-25(30-23-11-5-8-20-19-7-2-4-10-22(19)31-26(20)23)13-12-24-27(35)33(28(36)32-24)15-14-17-16-29-21-9-3-1-6-18(17)21/h1-4,6-7,9-10,16,23-24,29,31H,5,8,11-15H2,(H,30,34)(H,32,36). The van der Waals surface area contributed by atoms with Gasteiger partial charge in [0, 0.05) is 46.7 Å². The van der Waals surface area contributed by atoms with Gasteiger partial charge in [-0.05, 0) is 55.4 Å². The van der Waals surface area contributed by atoms with Gasteiger partial charge >= 0.3 is 6.03 Å². The smallest absolute Gasteiger partial charge is 0.324 e. The molecule has 36 heavy (non-hydrogen) atoms. The van der Waals surface area contributed by atoms with E-state index in [0.29, 0.717) is 13.0 Å². The fourth-order valence-electron chi connectivity index (χ4n) is 5.66. The summed E-state index contributed by atoms with van der Waals surface area (Å²) in [6, 6.07) is 15.1. The van der Waals surface area contributed by atoms with Crippen LogP contribution in [0.4, 0.5) is 4.79 Å². The number of carbonyl (C=O) groups excluding carboxylic acids is 3. The molecule has 0 bridgehead atoms. The predicted octanol–water partition coefficient (Wildman–Crippen LogP) is 4.09. The number of urea groups is 1. The second kappa shape index (κ2) is 9.18. The van der Waals surface area contributed by atoms with Crippen molar-refractivity contribution in [3.8, 4) is 0 Å². The molecule has 0 saturated carbocycles. The maximum atomic E-state index is 12.9. The molecule has 1 aliphatic heterocycles. The first-order valence-electron chi connectivity index (χ1n) is 12.6. The minimum atomic E-state index is -0.666. The summed E-state index contributed by atoms with van der Waals surface area (Å²) in [6.45, 7) is 0.306. The van der Waals surface area contributed by atoms with Crippen molar-refractivity contribution in [3.05, 3.63) is 71.5 Å². The van der Waals surface area contributed by atoms with E-state index in [2.05, 4.69) is 32.7 Å². The normalized spacial score (nSPS) is 19.6. The van der Waals surface area contributed by atoms with Crippen molar-refractivity contribution >= 4 is 39.7 Å². The fourth-order valence-corrected chi connectivity index (χ4v) is 5.66. The predicted molar refractivity (Wildman–Crippen MR) is 137 cm³/mol. The number of hydrogen-bond donors (Lipinski definition) is 4. The number of nitrogens with one attached hydrogen (secondary N) is 4. The largest absolute Gasteiger partial charge is 0.361 e. The number of nitrogens with zero attached hydrogens (tertiary/aromatic N) is 1. The molecule has 3 heterocycles. The molecular weight excluding hydrogens is 454 g/mol. The number of para-hydroxylation sites is 2. The molecule has 4 amide bonds. The van der Waals surface area contributed by atoms with Crippen LogP contribution in [0.5, 0.6) is 0 Å². The minimum Gasteiger partial charge on any atom is -0.361 e. The van der Waals surface area contributed by atoms with E-state index in [1.54, 1.807) is 0 Å². The van der Waals surface area contributed by atoms with Crippen LogP contribution in [-0.2, 0) is 22.4 Å². The Hall–Kier alpha value is -4.07. The third-order valence-corrected chi connectivity index (χ3v) is 7.50. The average Bonchev–Trinajstić information content (AvgIpc) is 3.56. The Morgan fingerprint density at radius 3 is 2.67 bits per heavy atom. The van der Waals surface area contributed by atoms with Gasteiger partial charge in [-0.15, -0.1) is 0 Å². The molecule has 184 valence electrons. The van der Waals surface area contributed by atoms with Gasteiger partial charge in [-0.25, -0.2) is 4.79 Å². The SMILES string of the molecule is O=C(CCC1NC(=O)N(CCc2c[nH]c3ccccc23)C1=O)NC1CCCc2c1[nH]c1ccccc21. The lowest BCUT2D eigenvalue weighted by Crippen LogP contribution is -2.35. The summed E-state index contributed by atoms with van der Waals surface area (Å²) in [7, 11) is 0. The van der Waals surface area contributed by atoms with Gasteiger partial charge in [-0.1, -0.05) is 36.4 Å². The zero-order chi connectivity index (χ0) is 24.6. The Labute approximate surface area is 208 Å². The molecule has 2 aliphatic rings. The summed E-state index contributed by atoms with van der Waals surface area (Å²) in [6.07, 6.45) is 5.86. The Kier molecular flexibility index (Phi) is 5.71. The maximum absolute atomic E-state index is 12.9. The third-order valence-electron chi connectivity index (χ3n) is 7.50. The lowest BCUT2D eigenvalue weighted by molar-refractivity contribution is -0.127. The van der Waals surface area contributed by atoms with Gasteiger partial charge in [0.15, 0.2) is 0 Å². The molecule has 1 saturated heterocycles. The fraction of sp³-hybridized carbons (Fsp3) is 0.321. The highest BCUT2D eigenvalue weighted by Crippen LogP contribution is 2.34. The topological polar surface area (TPSA) is 110 Å². The maximum Gasteiger partial charge on any atom is 0.324 e. The Bertz CT molecular complexity index is 1470. The van der Waals surface area contributed by atoms with E-state index in [1.807, 2.05) is 42.6 Å². The van der Waals surface area contributed by atoms with Gasteiger partial charge in [0.05, 0.1) is 6.04 Å². The van der Waals surface area contributed by atoms with Crippen LogP contribution in [0.25, 0.3) is 21.8 Å². The second-order valence-corrected chi connectivity index (χ2v) is 9.72. The van der Waals surface area contributed by atoms with Crippen LogP contribution in [-0.4, -0.2) is 45.3 Å². The summed E-state index contributed by atoms with van der Waals surface area (Å²) in [4.78, 5) is 46.2. The number of carbonyl (C=O) groups is 3. The zero-order valence-corrected chi connectivity index (χ0v) is 20.0. The van der Waals surface area contributed by atoms with Gasteiger partial charge in [0.1, 0.15) is 6.04 Å². The monoisotopic (exact) mass is 483 g/mol. The average molecular weight is 484 g/mol. The number of amides is 4. The molecule has 8 nitrogen and oxygen atoms in total. The van der Waals surface area contributed by atoms with Crippen LogP contribution in [0.1, 0.15) is 48.5 Å². The molecule has 4 N–H and O–H groups in total. The van der Waals surface area contributed by atoms with Crippen LogP contribution in [0.15, 0.2) is 54.7 Å². The minimum absolute atomic E-state index is 0.0600. The molecule has 2 aromatic carbocycles. The lowest BCUT2D eigenvalue weighted by Gasteiger charge is -2.24. The van der Waals surface area contributed by atoms with Crippen molar-refractivity contribution in [1.29, 1.82) is 0 Å². The zero-order valence-electron chi connectivity index (χ0n) is 20.0. The van der Waals surface area contributed by atoms with Crippen molar-refractivity contribution in [2.24, 2.45) is 0 Å². The van der Waals surface area contributed by atoms with Gasteiger partial charge < -0.3 is 20.6 Å². The van der Waals surface area contributed by atoms with E-state index in [0.717, 1.165) is 46.9 Å². The third kappa shape index (κ3) is 4.02. The molecule has 0 spiro atoms. The highest BCUT2D eigenvalue weighted by molar-refractivity contribution is 6.04. The number of aromatic amines is 2. The lowest BCUT2D eigenvalue weighted by atomic mass is 9.91. The van der Waals surface area contributed by atoms with Gasteiger partial charge in [-0.3, -0.25) is 14.5 Å². The molecule has 6 rings (SSSR count). The molecule has 4 aromatic rings. The first-order valence-corrected chi connectivity index (χ1v) is 12.6. The first kappa shape index (κ1) is 22.4. The molecule has 1 aliphatic carbocycles. The Morgan fingerprint density at radius 2 is 1.81 bits per heavy atom. The van der Waals surface area contributed by atoms with E-state index < -0.39 is 6.04 Å². The van der Waals surface area contributed by atoms with Gasteiger partial charge in [0.2, 0.25) is 5.91 Å². The quantitative estimate of drug-likeness (QED) is 0.297. The van der Waals surface area contributed by atoms with Crippen LogP contribution >= 0.6 is 0 Å². The first-order chi connectivity index (χ1) is 17.6. The molecular formula is C28H29N5O3. The van der Waals surface area contributed by atoms with E-state index in [4.69, 9.17) is 0 Å². The van der Waals surface area contributed by atoms with Gasteiger partial charge in [-0.2, -0.15) is 0 Å². The van der Waals surface area contributed by atoms with Crippen molar-refractivity contribution in [2.75, 3.05) is 6.54 Å².